The van der Waals surface area contributed by atoms with Gasteiger partial charge in [0, 0.05) is 23.5 Å². The summed E-state index contributed by atoms with van der Waals surface area (Å²) in [6.45, 7) is 4.92. The van der Waals surface area contributed by atoms with Gasteiger partial charge in [0.1, 0.15) is 6.61 Å². The van der Waals surface area contributed by atoms with E-state index in [1.807, 2.05) is 48.7 Å². The Morgan fingerprint density at radius 3 is 2.61 bits per heavy atom. The molecule has 0 spiro atoms. The molecule has 0 aromatic heterocycles. The van der Waals surface area contributed by atoms with Crippen LogP contribution >= 0.6 is 11.8 Å². The normalized spacial score (nSPS) is 17.6. The Morgan fingerprint density at radius 2 is 1.93 bits per heavy atom. The van der Waals surface area contributed by atoms with Crippen LogP contribution < -0.4 is 4.90 Å². The summed E-state index contributed by atoms with van der Waals surface area (Å²) in [5.41, 5.74) is 3.03. The van der Waals surface area contributed by atoms with E-state index < -0.39 is 5.92 Å². The highest BCUT2D eigenvalue weighted by Gasteiger charge is 2.37. The molecule has 3 rings (SSSR count). The fraction of sp³-hybridized carbons (Fsp3) is 0.391. The monoisotopic (exact) mass is 397 g/mol. The summed E-state index contributed by atoms with van der Waals surface area (Å²) in [4.78, 5) is 28.1. The molecule has 0 unspecified atom stereocenters. The van der Waals surface area contributed by atoms with Crippen LogP contribution in [0.15, 0.2) is 53.4 Å². The quantitative estimate of drug-likeness (QED) is 0.486. The molecule has 2 aromatic rings. The second kappa shape index (κ2) is 9.28. The lowest BCUT2D eigenvalue weighted by atomic mass is 9.96. The van der Waals surface area contributed by atoms with Gasteiger partial charge >= 0.3 is 5.97 Å². The Balaban J connectivity index is 1.64. The van der Waals surface area contributed by atoms with Gasteiger partial charge in [-0.05, 0) is 47.9 Å². The van der Waals surface area contributed by atoms with Gasteiger partial charge in [-0.2, -0.15) is 0 Å². The molecule has 148 valence electrons. The minimum atomic E-state index is -0.414. The summed E-state index contributed by atoms with van der Waals surface area (Å²) in [5.74, 6) is -0.366. The zero-order valence-electron chi connectivity index (χ0n) is 16.7. The molecule has 0 aliphatic carbocycles. The number of nitrogens with zero attached hydrogens (tertiary/aromatic N) is 1. The number of carbonyl (C=O) groups excluding carboxylic acids is 2. The molecule has 1 saturated heterocycles. The van der Waals surface area contributed by atoms with Crippen molar-refractivity contribution in [1.82, 2.24) is 0 Å². The zero-order valence-corrected chi connectivity index (χ0v) is 17.5. The number of hydrogen-bond donors (Lipinski definition) is 0. The van der Waals surface area contributed by atoms with Crippen molar-refractivity contribution in [3.05, 3.63) is 59.7 Å². The number of amides is 1. The smallest absolute Gasteiger partial charge is 0.311 e. The number of carbonyl (C=O) groups is 2. The number of ether oxygens (including phenoxy) is 1. The highest BCUT2D eigenvalue weighted by Crippen LogP contribution is 2.33. The minimum absolute atomic E-state index is 0.0120. The lowest BCUT2D eigenvalue weighted by Gasteiger charge is -2.23. The van der Waals surface area contributed by atoms with Crippen molar-refractivity contribution >= 4 is 29.3 Å². The van der Waals surface area contributed by atoms with Gasteiger partial charge in [0.25, 0.3) is 0 Å². The first kappa shape index (κ1) is 20.5. The molecule has 4 nitrogen and oxygen atoms in total. The summed E-state index contributed by atoms with van der Waals surface area (Å²) in [6.07, 6.45) is 3.23. The van der Waals surface area contributed by atoms with Crippen molar-refractivity contribution in [2.75, 3.05) is 17.7 Å². The van der Waals surface area contributed by atoms with Crippen molar-refractivity contribution < 1.29 is 14.3 Å². The van der Waals surface area contributed by atoms with Crippen molar-refractivity contribution in [1.29, 1.82) is 0 Å². The Morgan fingerprint density at radius 1 is 1.21 bits per heavy atom. The number of thioether (sulfide) groups is 1. The van der Waals surface area contributed by atoms with E-state index in [1.54, 1.807) is 16.7 Å². The van der Waals surface area contributed by atoms with Gasteiger partial charge in [0.2, 0.25) is 5.91 Å². The van der Waals surface area contributed by atoms with E-state index in [4.69, 9.17) is 4.74 Å². The molecule has 1 aliphatic heterocycles. The molecule has 2 aromatic carbocycles. The van der Waals surface area contributed by atoms with Crippen LogP contribution in [0, 0.1) is 5.92 Å². The van der Waals surface area contributed by atoms with Crippen LogP contribution in [0.2, 0.25) is 0 Å². The van der Waals surface area contributed by atoms with Crippen molar-refractivity contribution in [3.8, 4) is 0 Å². The molecule has 1 aliphatic rings. The third-order valence-corrected chi connectivity index (χ3v) is 6.11. The summed E-state index contributed by atoms with van der Waals surface area (Å²) < 4.78 is 5.49. The first-order valence-electron chi connectivity index (χ1n) is 9.72. The molecule has 0 bridgehead atoms. The van der Waals surface area contributed by atoms with E-state index >= 15 is 0 Å². The standard InChI is InChI=1S/C23H27NO3S/c1-4-16(2)20-7-5-6-8-21(20)24-14-18(13-22(24)25)23(26)27-15-17-9-11-19(28-3)12-10-17/h5-12,16,18H,4,13-15H2,1-3H3/t16-,18-/m0/s1. The zero-order chi connectivity index (χ0) is 20.1. The number of esters is 1. The van der Waals surface area contributed by atoms with Crippen LogP contribution in [-0.4, -0.2) is 24.7 Å². The highest BCUT2D eigenvalue weighted by atomic mass is 32.2. The highest BCUT2D eigenvalue weighted by molar-refractivity contribution is 7.98. The number of hydrogen-bond acceptors (Lipinski definition) is 4. The first-order chi connectivity index (χ1) is 13.5. The van der Waals surface area contributed by atoms with Crippen molar-refractivity contribution in [3.63, 3.8) is 0 Å². The van der Waals surface area contributed by atoms with Gasteiger partial charge in [-0.25, -0.2) is 0 Å². The van der Waals surface area contributed by atoms with Crippen LogP contribution in [0.5, 0.6) is 0 Å². The fourth-order valence-electron chi connectivity index (χ4n) is 3.46. The van der Waals surface area contributed by atoms with E-state index in [2.05, 4.69) is 19.9 Å². The second-order valence-corrected chi connectivity index (χ2v) is 8.11. The molecular formula is C23H27NO3S. The van der Waals surface area contributed by atoms with Gasteiger partial charge in [-0.15, -0.1) is 11.8 Å². The summed E-state index contributed by atoms with van der Waals surface area (Å²) in [7, 11) is 0. The van der Waals surface area contributed by atoms with Gasteiger partial charge in [-0.3, -0.25) is 9.59 Å². The summed E-state index contributed by atoms with van der Waals surface area (Å²) >= 11 is 1.67. The predicted octanol–water partition coefficient (Wildman–Crippen LogP) is 5.02. The SMILES string of the molecule is CC[C@H](C)c1ccccc1N1C[C@@H](C(=O)OCc2ccc(SC)cc2)CC1=O. The van der Waals surface area contributed by atoms with Crippen LogP contribution in [-0.2, 0) is 20.9 Å². The number of benzene rings is 2. The first-order valence-corrected chi connectivity index (χ1v) is 10.9. The number of rotatable bonds is 7. The Hall–Kier alpha value is -2.27. The average molecular weight is 398 g/mol. The third kappa shape index (κ3) is 4.58. The molecule has 0 N–H and O–H groups in total. The lowest BCUT2D eigenvalue weighted by molar-refractivity contribution is -0.149. The van der Waals surface area contributed by atoms with E-state index in [-0.39, 0.29) is 24.9 Å². The Bertz CT molecular complexity index is 834. The van der Waals surface area contributed by atoms with E-state index in [1.165, 1.54) is 4.90 Å². The topological polar surface area (TPSA) is 46.6 Å². The molecule has 0 saturated carbocycles. The molecule has 1 amide bonds. The van der Waals surface area contributed by atoms with Crippen LogP contribution in [0.1, 0.15) is 43.7 Å². The van der Waals surface area contributed by atoms with Gasteiger partial charge < -0.3 is 9.64 Å². The summed E-state index contributed by atoms with van der Waals surface area (Å²) in [6, 6.07) is 15.9. The lowest BCUT2D eigenvalue weighted by Crippen LogP contribution is -2.27. The van der Waals surface area contributed by atoms with Gasteiger partial charge in [0.05, 0.1) is 5.92 Å². The number of anilines is 1. The van der Waals surface area contributed by atoms with E-state index in [0.717, 1.165) is 23.2 Å². The van der Waals surface area contributed by atoms with Gasteiger partial charge in [0.15, 0.2) is 0 Å². The van der Waals surface area contributed by atoms with E-state index in [9.17, 15) is 9.59 Å². The average Bonchev–Trinajstić information content (AvgIpc) is 3.13. The maximum Gasteiger partial charge on any atom is 0.311 e. The predicted molar refractivity (Wildman–Crippen MR) is 114 cm³/mol. The fourth-order valence-corrected chi connectivity index (χ4v) is 3.87. The molecule has 2 atom stereocenters. The molecule has 0 radical (unpaired) electrons. The molecule has 28 heavy (non-hydrogen) atoms. The molecule has 5 heteroatoms. The molecule has 1 fully saturated rings. The maximum atomic E-state index is 12.6. The Kier molecular flexibility index (Phi) is 6.79. The van der Waals surface area contributed by atoms with E-state index in [0.29, 0.717) is 12.5 Å². The van der Waals surface area contributed by atoms with Crippen LogP contribution in [0.4, 0.5) is 5.69 Å². The third-order valence-electron chi connectivity index (χ3n) is 5.37. The molecule has 1 heterocycles. The van der Waals surface area contributed by atoms with Crippen LogP contribution in [0.25, 0.3) is 0 Å². The maximum absolute atomic E-state index is 12.6. The van der Waals surface area contributed by atoms with Gasteiger partial charge in [-0.1, -0.05) is 44.2 Å². The van der Waals surface area contributed by atoms with Crippen molar-refractivity contribution in [2.45, 2.75) is 44.1 Å². The number of para-hydroxylation sites is 1. The Labute approximate surface area is 171 Å². The van der Waals surface area contributed by atoms with Crippen molar-refractivity contribution in [2.24, 2.45) is 5.92 Å². The summed E-state index contributed by atoms with van der Waals surface area (Å²) in [5, 5.41) is 0. The second-order valence-electron chi connectivity index (χ2n) is 7.23. The van der Waals surface area contributed by atoms with Crippen LogP contribution in [0.3, 0.4) is 0 Å². The molecular weight excluding hydrogens is 370 g/mol. The minimum Gasteiger partial charge on any atom is -0.461 e. The largest absolute Gasteiger partial charge is 0.461 e.